The molecule has 33 heavy (non-hydrogen) atoms. The van der Waals surface area contributed by atoms with Gasteiger partial charge in [0.25, 0.3) is 0 Å². The third-order valence-electron chi connectivity index (χ3n) is 5.52. The first-order valence-electron chi connectivity index (χ1n) is 11.0. The Kier molecular flexibility index (Phi) is 9.94. The maximum absolute atomic E-state index is 13.2. The van der Waals surface area contributed by atoms with E-state index in [1.165, 1.54) is 17.7 Å². The number of carbonyl (C=O) groups excluding carboxylic acids is 1. The quantitative estimate of drug-likeness (QED) is 0.368. The number of thioether (sulfide) groups is 1. The van der Waals surface area contributed by atoms with E-state index in [2.05, 4.69) is 24.0 Å². The molecule has 0 N–H and O–H groups in total. The number of hydrogen-bond donors (Lipinski definition) is 0. The van der Waals surface area contributed by atoms with Gasteiger partial charge < -0.3 is 4.74 Å². The Morgan fingerprint density at radius 2 is 1.97 bits per heavy atom. The molecule has 0 atom stereocenters. The normalized spacial score (nSPS) is 14.2. The number of nitrogens with zero attached hydrogens (tertiary/aromatic N) is 3. The minimum absolute atomic E-state index is 0. The lowest BCUT2D eigenvalue weighted by atomic mass is 10.2. The summed E-state index contributed by atoms with van der Waals surface area (Å²) in [5.74, 6) is 0.466. The van der Waals surface area contributed by atoms with Gasteiger partial charge in [0.05, 0.1) is 23.4 Å². The van der Waals surface area contributed by atoms with Crippen LogP contribution in [0.25, 0.3) is 10.2 Å². The molecule has 0 saturated carbocycles. The fourth-order valence-electron chi connectivity index (χ4n) is 3.61. The summed E-state index contributed by atoms with van der Waals surface area (Å²) in [6.07, 6.45) is 1.38. The maximum atomic E-state index is 13.2. The molecule has 0 radical (unpaired) electrons. The summed E-state index contributed by atoms with van der Waals surface area (Å²) in [7, 11) is 0. The first-order valence-corrected chi connectivity index (χ1v) is 12.8. The van der Waals surface area contributed by atoms with Crippen molar-refractivity contribution < 1.29 is 13.9 Å². The molecule has 3 aromatic rings. The van der Waals surface area contributed by atoms with Crippen LogP contribution in [0.4, 0.5) is 9.52 Å². The largest absolute Gasteiger partial charge is 0.379 e. The van der Waals surface area contributed by atoms with Crippen molar-refractivity contribution in [1.29, 1.82) is 0 Å². The van der Waals surface area contributed by atoms with Gasteiger partial charge in [-0.2, -0.15) is 0 Å². The Bertz CT molecular complexity index is 1040. The van der Waals surface area contributed by atoms with E-state index in [9.17, 15) is 9.18 Å². The predicted octanol–water partition coefficient (Wildman–Crippen LogP) is 5.27. The molecule has 9 heteroatoms. The Morgan fingerprint density at radius 3 is 2.70 bits per heavy atom. The molecular weight excluding hydrogens is 481 g/mol. The summed E-state index contributed by atoms with van der Waals surface area (Å²) in [5.41, 5.74) is 2.21. The van der Waals surface area contributed by atoms with E-state index in [0.29, 0.717) is 18.7 Å². The van der Waals surface area contributed by atoms with Crippen LogP contribution in [-0.4, -0.2) is 60.9 Å². The first-order chi connectivity index (χ1) is 15.6. The van der Waals surface area contributed by atoms with Gasteiger partial charge in [-0.1, -0.05) is 24.3 Å². The van der Waals surface area contributed by atoms with Crippen LogP contribution in [0.3, 0.4) is 0 Å². The fraction of sp³-hybridized carbons (Fsp3) is 0.417. The lowest BCUT2D eigenvalue weighted by Crippen LogP contribution is -2.43. The van der Waals surface area contributed by atoms with Crippen LogP contribution in [-0.2, 0) is 16.0 Å². The molecular formula is C24H29ClFN3O2S2. The first kappa shape index (κ1) is 25.9. The number of anilines is 1. The number of rotatable bonds is 9. The minimum atomic E-state index is -0.248. The average Bonchev–Trinajstić information content (AvgIpc) is 3.24. The van der Waals surface area contributed by atoms with E-state index in [1.807, 2.05) is 11.0 Å². The van der Waals surface area contributed by atoms with Crippen LogP contribution in [0.15, 0.2) is 47.4 Å². The third-order valence-corrected chi connectivity index (χ3v) is 7.58. The number of ether oxygens (including phenoxy) is 1. The van der Waals surface area contributed by atoms with Gasteiger partial charge in [0, 0.05) is 43.2 Å². The number of fused-ring (bicyclic) bond motifs is 1. The van der Waals surface area contributed by atoms with Crippen LogP contribution in [0.1, 0.15) is 18.9 Å². The Morgan fingerprint density at radius 1 is 1.21 bits per heavy atom. The molecule has 4 rings (SSSR count). The van der Waals surface area contributed by atoms with E-state index in [4.69, 9.17) is 9.72 Å². The molecule has 0 unspecified atom stereocenters. The number of hydrogen-bond acceptors (Lipinski definition) is 6. The number of carbonyl (C=O) groups is 1. The molecule has 1 saturated heterocycles. The molecule has 1 aromatic heterocycles. The van der Waals surface area contributed by atoms with Crippen molar-refractivity contribution in [3.05, 3.63) is 53.8 Å². The molecule has 2 aromatic carbocycles. The Hall–Kier alpha value is -1.71. The van der Waals surface area contributed by atoms with Crippen molar-refractivity contribution in [3.8, 4) is 0 Å². The van der Waals surface area contributed by atoms with Crippen molar-refractivity contribution >= 4 is 56.8 Å². The van der Waals surface area contributed by atoms with Gasteiger partial charge in [0.2, 0.25) is 5.91 Å². The van der Waals surface area contributed by atoms with Crippen LogP contribution >= 0.6 is 35.5 Å². The summed E-state index contributed by atoms with van der Waals surface area (Å²) < 4.78 is 19.7. The summed E-state index contributed by atoms with van der Waals surface area (Å²) in [6, 6.07) is 12.7. The van der Waals surface area contributed by atoms with Gasteiger partial charge in [-0.05, 0) is 48.4 Å². The van der Waals surface area contributed by atoms with Crippen LogP contribution in [0.2, 0.25) is 0 Å². The van der Waals surface area contributed by atoms with Crippen molar-refractivity contribution in [2.45, 2.75) is 24.7 Å². The van der Waals surface area contributed by atoms with Gasteiger partial charge >= 0.3 is 0 Å². The molecule has 178 valence electrons. The van der Waals surface area contributed by atoms with Crippen LogP contribution in [0.5, 0.6) is 0 Å². The highest BCUT2D eigenvalue weighted by molar-refractivity contribution is 7.99. The topological polar surface area (TPSA) is 45.7 Å². The number of aryl methyl sites for hydroxylation is 1. The minimum Gasteiger partial charge on any atom is -0.379 e. The standard InChI is InChI=1S/C24H28FN3O2S2.ClH/c1-2-18-3-8-21-22(17-18)32-24(26-21)28(11-10-27-12-14-30-15-13-27)23(29)9-16-31-20-6-4-19(25)5-7-20;/h3-8,17H,2,9-16H2,1H3;1H. The zero-order valence-electron chi connectivity index (χ0n) is 18.7. The number of aromatic nitrogens is 1. The fourth-order valence-corrected chi connectivity index (χ4v) is 5.52. The molecule has 1 fully saturated rings. The highest BCUT2D eigenvalue weighted by Gasteiger charge is 2.21. The number of halogens is 2. The molecule has 2 heterocycles. The molecule has 0 bridgehead atoms. The van der Waals surface area contributed by atoms with Gasteiger partial charge in [-0.25, -0.2) is 9.37 Å². The van der Waals surface area contributed by atoms with Crippen molar-refractivity contribution in [2.75, 3.05) is 50.0 Å². The van der Waals surface area contributed by atoms with E-state index in [-0.39, 0.29) is 24.1 Å². The molecule has 0 aliphatic carbocycles. The highest BCUT2D eigenvalue weighted by atomic mass is 35.5. The summed E-state index contributed by atoms with van der Waals surface area (Å²) in [5, 5.41) is 0.762. The summed E-state index contributed by atoms with van der Waals surface area (Å²) in [4.78, 5) is 23.2. The van der Waals surface area contributed by atoms with Crippen molar-refractivity contribution in [1.82, 2.24) is 9.88 Å². The summed E-state index contributed by atoms with van der Waals surface area (Å²) >= 11 is 3.15. The van der Waals surface area contributed by atoms with Gasteiger partial charge in [0.1, 0.15) is 5.82 Å². The number of benzene rings is 2. The van der Waals surface area contributed by atoms with Crippen LogP contribution in [0, 0.1) is 5.82 Å². The average molecular weight is 510 g/mol. The van der Waals surface area contributed by atoms with E-state index in [0.717, 1.165) is 59.5 Å². The monoisotopic (exact) mass is 509 g/mol. The van der Waals surface area contributed by atoms with E-state index in [1.54, 1.807) is 35.2 Å². The smallest absolute Gasteiger partial charge is 0.229 e. The Balaban J connectivity index is 0.00000306. The number of thiazole rings is 1. The van der Waals surface area contributed by atoms with Gasteiger partial charge in [-0.3, -0.25) is 14.6 Å². The second-order valence-corrected chi connectivity index (χ2v) is 9.88. The molecule has 1 amide bonds. The molecule has 0 spiro atoms. The molecule has 5 nitrogen and oxygen atoms in total. The zero-order valence-corrected chi connectivity index (χ0v) is 21.1. The second-order valence-electron chi connectivity index (χ2n) is 7.70. The van der Waals surface area contributed by atoms with Crippen molar-refractivity contribution in [3.63, 3.8) is 0 Å². The second kappa shape index (κ2) is 12.7. The third kappa shape index (κ3) is 7.13. The van der Waals surface area contributed by atoms with E-state index < -0.39 is 0 Å². The summed E-state index contributed by atoms with van der Waals surface area (Å²) in [6.45, 7) is 6.81. The predicted molar refractivity (Wildman–Crippen MR) is 138 cm³/mol. The SMILES string of the molecule is CCc1ccc2nc(N(CCN3CCOCC3)C(=O)CCSc3ccc(F)cc3)sc2c1.Cl. The number of amides is 1. The molecule has 1 aliphatic rings. The Labute approximate surface area is 208 Å². The highest BCUT2D eigenvalue weighted by Crippen LogP contribution is 2.30. The number of morpholine rings is 1. The molecule has 1 aliphatic heterocycles. The van der Waals surface area contributed by atoms with E-state index >= 15 is 0 Å². The van der Waals surface area contributed by atoms with Crippen LogP contribution < -0.4 is 4.90 Å². The van der Waals surface area contributed by atoms with Gasteiger partial charge in [-0.15, -0.1) is 24.2 Å². The lowest BCUT2D eigenvalue weighted by molar-refractivity contribution is -0.118. The lowest BCUT2D eigenvalue weighted by Gasteiger charge is -2.29. The maximum Gasteiger partial charge on any atom is 0.229 e. The van der Waals surface area contributed by atoms with Gasteiger partial charge in [0.15, 0.2) is 5.13 Å². The zero-order chi connectivity index (χ0) is 22.3. The van der Waals surface area contributed by atoms with Crippen molar-refractivity contribution in [2.24, 2.45) is 0 Å².